The molecule has 1 heterocycles. The van der Waals surface area contributed by atoms with E-state index in [4.69, 9.17) is 11.6 Å². The van der Waals surface area contributed by atoms with Gasteiger partial charge in [-0.15, -0.1) is 0 Å². The molecule has 3 nitrogen and oxygen atoms in total. The van der Waals surface area contributed by atoms with Gasteiger partial charge in [-0.05, 0) is 97.4 Å². The number of hydrogen-bond acceptors (Lipinski definition) is 2. The van der Waals surface area contributed by atoms with Crippen molar-refractivity contribution in [3.63, 3.8) is 0 Å². The first-order valence-corrected chi connectivity index (χ1v) is 12.2. The van der Waals surface area contributed by atoms with Crippen molar-refractivity contribution >= 4 is 29.3 Å². The van der Waals surface area contributed by atoms with Crippen molar-refractivity contribution in [2.45, 2.75) is 32.1 Å². The minimum Gasteiger partial charge on any atom is -0.322 e. The molecule has 2 aliphatic rings. The van der Waals surface area contributed by atoms with Crippen molar-refractivity contribution < 1.29 is 4.79 Å². The van der Waals surface area contributed by atoms with Gasteiger partial charge in [0.25, 0.3) is 5.91 Å². The van der Waals surface area contributed by atoms with Gasteiger partial charge in [0.15, 0.2) is 0 Å². The highest BCUT2D eigenvalue weighted by molar-refractivity contribution is 6.30. The highest BCUT2D eigenvalue weighted by Crippen LogP contribution is 2.28. The quantitative estimate of drug-likeness (QED) is 0.445. The Bertz CT molecular complexity index is 1160. The zero-order valence-electron chi connectivity index (χ0n) is 18.8. The lowest BCUT2D eigenvalue weighted by molar-refractivity contribution is 0.102. The molecule has 0 spiro atoms. The number of halogens is 1. The van der Waals surface area contributed by atoms with Crippen molar-refractivity contribution in [2.75, 3.05) is 25.0 Å². The Morgan fingerprint density at radius 3 is 2.27 bits per heavy atom. The van der Waals surface area contributed by atoms with E-state index in [2.05, 4.69) is 28.4 Å². The topological polar surface area (TPSA) is 32.3 Å². The molecule has 1 aliphatic heterocycles. The van der Waals surface area contributed by atoms with E-state index in [1.165, 1.54) is 49.1 Å². The lowest BCUT2D eigenvalue weighted by Crippen LogP contribution is -2.31. The first-order chi connectivity index (χ1) is 16.1. The molecular formula is C29H29ClN2O. The van der Waals surface area contributed by atoms with Gasteiger partial charge in [0.05, 0.1) is 0 Å². The molecule has 5 rings (SSSR count). The van der Waals surface area contributed by atoms with Crippen LogP contribution in [0.3, 0.4) is 0 Å². The molecule has 1 aliphatic carbocycles. The monoisotopic (exact) mass is 456 g/mol. The Morgan fingerprint density at radius 2 is 1.55 bits per heavy atom. The third-order valence-corrected chi connectivity index (χ3v) is 6.93. The Hall–Kier alpha value is -2.88. The second-order valence-corrected chi connectivity index (χ2v) is 9.53. The van der Waals surface area contributed by atoms with E-state index in [1.54, 1.807) is 0 Å². The summed E-state index contributed by atoms with van der Waals surface area (Å²) < 4.78 is 0. The van der Waals surface area contributed by atoms with Crippen molar-refractivity contribution in [3.8, 4) is 11.1 Å². The van der Waals surface area contributed by atoms with Gasteiger partial charge in [-0.1, -0.05) is 60.0 Å². The molecule has 0 saturated carbocycles. The van der Waals surface area contributed by atoms with E-state index in [9.17, 15) is 4.79 Å². The van der Waals surface area contributed by atoms with Gasteiger partial charge in [-0.2, -0.15) is 0 Å². The van der Waals surface area contributed by atoms with Crippen molar-refractivity contribution in [1.29, 1.82) is 0 Å². The summed E-state index contributed by atoms with van der Waals surface area (Å²) in [5.74, 6) is -0.0882. The summed E-state index contributed by atoms with van der Waals surface area (Å²) in [7, 11) is 0. The van der Waals surface area contributed by atoms with Gasteiger partial charge in [-0.3, -0.25) is 9.69 Å². The summed E-state index contributed by atoms with van der Waals surface area (Å²) in [4.78, 5) is 15.4. The maximum absolute atomic E-state index is 12.8. The fourth-order valence-electron chi connectivity index (χ4n) is 4.82. The molecule has 0 aromatic heterocycles. The van der Waals surface area contributed by atoms with Crippen LogP contribution in [-0.2, 0) is 6.42 Å². The molecule has 1 amide bonds. The Labute approximate surface area is 201 Å². The van der Waals surface area contributed by atoms with Crippen LogP contribution >= 0.6 is 11.6 Å². The van der Waals surface area contributed by atoms with Crippen LogP contribution in [0.5, 0.6) is 0 Å². The third kappa shape index (κ3) is 5.38. The number of carbonyl (C=O) groups is 1. The van der Waals surface area contributed by atoms with Crippen LogP contribution in [0.2, 0.25) is 5.02 Å². The van der Waals surface area contributed by atoms with Crippen LogP contribution in [0.25, 0.3) is 17.2 Å². The second kappa shape index (κ2) is 9.94. The van der Waals surface area contributed by atoms with Gasteiger partial charge in [0.1, 0.15) is 0 Å². The molecule has 0 unspecified atom stereocenters. The predicted molar refractivity (Wildman–Crippen MR) is 138 cm³/mol. The zero-order valence-corrected chi connectivity index (χ0v) is 19.6. The van der Waals surface area contributed by atoms with E-state index >= 15 is 0 Å². The van der Waals surface area contributed by atoms with Crippen molar-refractivity contribution in [1.82, 2.24) is 4.90 Å². The molecule has 1 saturated heterocycles. The van der Waals surface area contributed by atoms with Crippen LogP contribution in [0.4, 0.5) is 5.69 Å². The van der Waals surface area contributed by atoms with Gasteiger partial charge < -0.3 is 5.32 Å². The van der Waals surface area contributed by atoms with Gasteiger partial charge in [0.2, 0.25) is 0 Å². The SMILES string of the molecule is O=C(Nc1ccc2c(c1)CCC(CN1CCCCC1)=C2)c1ccc(-c2ccc(Cl)cc2)cc1. The molecule has 0 bridgehead atoms. The lowest BCUT2D eigenvalue weighted by atomic mass is 9.91. The van der Waals surface area contributed by atoms with E-state index in [-0.39, 0.29) is 5.91 Å². The minimum atomic E-state index is -0.0882. The lowest BCUT2D eigenvalue weighted by Gasteiger charge is -2.29. The summed E-state index contributed by atoms with van der Waals surface area (Å²) >= 11 is 5.98. The predicted octanol–water partition coefficient (Wildman–Crippen LogP) is 7.07. The number of piperidine rings is 1. The van der Waals surface area contributed by atoms with E-state index in [0.29, 0.717) is 10.6 Å². The number of fused-ring (bicyclic) bond motifs is 1. The molecule has 3 aromatic carbocycles. The van der Waals surface area contributed by atoms with Crippen LogP contribution in [0.1, 0.15) is 47.2 Å². The number of hydrogen-bond donors (Lipinski definition) is 1. The molecular weight excluding hydrogens is 428 g/mol. The summed E-state index contributed by atoms with van der Waals surface area (Å²) in [5.41, 5.74) is 7.77. The average molecular weight is 457 g/mol. The fourth-order valence-corrected chi connectivity index (χ4v) is 4.94. The number of nitrogens with zero attached hydrogens (tertiary/aromatic N) is 1. The molecule has 1 fully saturated rings. The molecule has 0 atom stereocenters. The Kier molecular flexibility index (Phi) is 6.61. The number of benzene rings is 3. The zero-order chi connectivity index (χ0) is 22.6. The molecule has 0 radical (unpaired) electrons. The standard InChI is InChI=1S/C29H29ClN2O/c30-27-13-10-23(11-14-27)22-6-8-24(9-7-22)29(33)31-28-15-12-25-18-21(4-5-26(25)19-28)20-32-16-2-1-3-17-32/h6-15,18-19H,1-5,16-17,20H2,(H,31,33). The molecule has 3 aromatic rings. The molecule has 4 heteroatoms. The van der Waals surface area contributed by atoms with Gasteiger partial charge in [0, 0.05) is 22.8 Å². The molecule has 33 heavy (non-hydrogen) atoms. The summed E-state index contributed by atoms with van der Waals surface area (Å²) in [6.45, 7) is 3.57. The summed E-state index contributed by atoms with van der Waals surface area (Å²) in [6.07, 6.45) is 8.53. The van der Waals surface area contributed by atoms with E-state index < -0.39 is 0 Å². The van der Waals surface area contributed by atoms with Crippen molar-refractivity contribution in [3.05, 3.63) is 94.0 Å². The normalized spacial score (nSPS) is 16.1. The average Bonchev–Trinajstić information content (AvgIpc) is 2.85. The Balaban J connectivity index is 1.24. The second-order valence-electron chi connectivity index (χ2n) is 9.09. The number of likely N-dealkylation sites (tertiary alicyclic amines) is 1. The number of nitrogens with one attached hydrogen (secondary N) is 1. The maximum atomic E-state index is 12.8. The van der Waals surface area contributed by atoms with Gasteiger partial charge in [-0.25, -0.2) is 0 Å². The number of rotatable bonds is 5. The Morgan fingerprint density at radius 1 is 0.848 bits per heavy atom. The smallest absolute Gasteiger partial charge is 0.255 e. The first-order valence-electron chi connectivity index (χ1n) is 11.9. The number of carbonyl (C=O) groups excluding carboxylic acids is 1. The number of aryl methyl sites for hydroxylation is 1. The van der Waals surface area contributed by atoms with Crippen LogP contribution in [-0.4, -0.2) is 30.4 Å². The number of amides is 1. The highest BCUT2D eigenvalue weighted by atomic mass is 35.5. The molecule has 1 N–H and O–H groups in total. The fraction of sp³-hybridized carbons (Fsp3) is 0.276. The van der Waals surface area contributed by atoms with Gasteiger partial charge >= 0.3 is 0 Å². The van der Waals surface area contributed by atoms with Crippen LogP contribution in [0, 0.1) is 0 Å². The molecule has 168 valence electrons. The maximum Gasteiger partial charge on any atom is 0.255 e. The third-order valence-electron chi connectivity index (χ3n) is 6.68. The summed E-state index contributed by atoms with van der Waals surface area (Å²) in [5, 5.41) is 3.78. The van der Waals surface area contributed by atoms with Crippen LogP contribution in [0.15, 0.2) is 72.3 Å². The summed E-state index contributed by atoms with van der Waals surface area (Å²) in [6, 6.07) is 21.7. The number of anilines is 1. The van der Waals surface area contributed by atoms with Crippen molar-refractivity contribution in [2.24, 2.45) is 0 Å². The van der Waals surface area contributed by atoms with Crippen LogP contribution < -0.4 is 5.32 Å². The highest BCUT2D eigenvalue weighted by Gasteiger charge is 2.16. The van der Waals surface area contributed by atoms with E-state index in [0.717, 1.165) is 36.2 Å². The van der Waals surface area contributed by atoms with E-state index in [1.807, 2.05) is 54.6 Å². The first kappa shape index (κ1) is 21.9. The minimum absolute atomic E-state index is 0.0882. The largest absolute Gasteiger partial charge is 0.322 e.